The van der Waals surface area contributed by atoms with Crippen LogP contribution in [0.2, 0.25) is 0 Å². The number of nitrogens with one attached hydrogen (secondary N) is 2. The summed E-state index contributed by atoms with van der Waals surface area (Å²) in [6.07, 6.45) is 3.77. The van der Waals surface area contributed by atoms with Crippen LogP contribution in [0.4, 0.5) is 0 Å². The van der Waals surface area contributed by atoms with Crippen molar-refractivity contribution in [2.45, 2.75) is 64.6 Å². The largest absolute Gasteiger partial charge is 0.354 e. The lowest BCUT2D eigenvalue weighted by Gasteiger charge is -2.43. The van der Waals surface area contributed by atoms with Gasteiger partial charge in [-0.05, 0) is 38.1 Å². The van der Waals surface area contributed by atoms with Crippen molar-refractivity contribution < 1.29 is 14.4 Å². The predicted molar refractivity (Wildman–Crippen MR) is 98.3 cm³/mol. The summed E-state index contributed by atoms with van der Waals surface area (Å²) in [4.78, 5) is 40.7. The van der Waals surface area contributed by atoms with E-state index in [2.05, 4.69) is 29.4 Å². The van der Waals surface area contributed by atoms with Gasteiger partial charge in [-0.3, -0.25) is 19.3 Å². The molecule has 3 rings (SSSR count). The summed E-state index contributed by atoms with van der Waals surface area (Å²) in [5, 5.41) is 5.94. The molecule has 26 heavy (non-hydrogen) atoms. The Hall–Kier alpha value is -1.63. The van der Waals surface area contributed by atoms with Crippen molar-refractivity contribution in [3.05, 3.63) is 0 Å². The van der Waals surface area contributed by atoms with E-state index in [4.69, 9.17) is 0 Å². The van der Waals surface area contributed by atoms with Crippen LogP contribution in [0, 0.1) is 11.8 Å². The van der Waals surface area contributed by atoms with Gasteiger partial charge in [0, 0.05) is 44.6 Å². The minimum atomic E-state index is -0.288. The Balaban J connectivity index is 1.65. The Bertz CT molecular complexity index is 561. The van der Waals surface area contributed by atoms with Gasteiger partial charge in [0.25, 0.3) is 0 Å². The lowest BCUT2D eigenvalue weighted by atomic mass is 10.0. The fourth-order valence-corrected chi connectivity index (χ4v) is 4.07. The van der Waals surface area contributed by atoms with Crippen molar-refractivity contribution in [3.63, 3.8) is 0 Å². The van der Waals surface area contributed by atoms with Crippen LogP contribution in [0.25, 0.3) is 0 Å². The van der Waals surface area contributed by atoms with Gasteiger partial charge in [-0.15, -0.1) is 0 Å². The molecule has 2 heterocycles. The zero-order valence-corrected chi connectivity index (χ0v) is 16.2. The quantitative estimate of drug-likeness (QED) is 0.683. The number of hydrogen-bond acceptors (Lipinski definition) is 4. The normalized spacial score (nSPS) is 29.0. The van der Waals surface area contributed by atoms with Crippen molar-refractivity contribution in [2.75, 3.05) is 26.2 Å². The van der Waals surface area contributed by atoms with Crippen molar-refractivity contribution >= 4 is 17.7 Å². The van der Waals surface area contributed by atoms with Crippen LogP contribution in [0.1, 0.15) is 46.5 Å². The molecule has 0 bridgehead atoms. The second-order valence-corrected chi connectivity index (χ2v) is 8.49. The Morgan fingerprint density at radius 2 is 1.96 bits per heavy atom. The maximum atomic E-state index is 13.1. The predicted octanol–water partition coefficient (Wildman–Crippen LogP) is 0.349. The molecule has 2 saturated heterocycles. The molecule has 7 nitrogen and oxygen atoms in total. The molecule has 0 aromatic carbocycles. The summed E-state index contributed by atoms with van der Waals surface area (Å²) in [5.41, 5.74) is 0. The van der Waals surface area contributed by atoms with Gasteiger partial charge in [0.2, 0.25) is 17.7 Å². The standard InChI is InChI=1S/C19H32N4O3/c1-12(2)6-7-22-11-16-8-15(21-13(3)24)10-23(16)19(26)17(22)9-20-18(25)14-4-5-14/h12,14-17H,4-11H2,1-3H3,(H,20,25)(H,21,24)/t15-,16-,17-/m0/s1. The van der Waals surface area contributed by atoms with Gasteiger partial charge in [0.05, 0.1) is 0 Å². The monoisotopic (exact) mass is 364 g/mol. The average molecular weight is 364 g/mol. The third-order valence-corrected chi connectivity index (χ3v) is 5.69. The number of nitrogens with zero attached hydrogens (tertiary/aromatic N) is 2. The van der Waals surface area contributed by atoms with Crippen LogP contribution < -0.4 is 10.6 Å². The Morgan fingerprint density at radius 1 is 1.23 bits per heavy atom. The topological polar surface area (TPSA) is 81.8 Å². The Labute approximate surface area is 155 Å². The fraction of sp³-hybridized carbons (Fsp3) is 0.842. The van der Waals surface area contributed by atoms with Gasteiger partial charge in [0.15, 0.2) is 0 Å². The molecular formula is C19H32N4O3. The molecule has 2 N–H and O–H groups in total. The van der Waals surface area contributed by atoms with Gasteiger partial charge in [-0.2, -0.15) is 0 Å². The summed E-state index contributed by atoms with van der Waals surface area (Å²) in [6, 6.07) is -0.0983. The number of hydrogen-bond donors (Lipinski definition) is 2. The summed E-state index contributed by atoms with van der Waals surface area (Å²) >= 11 is 0. The van der Waals surface area contributed by atoms with Crippen molar-refractivity contribution in [3.8, 4) is 0 Å². The van der Waals surface area contributed by atoms with Crippen LogP contribution in [0.3, 0.4) is 0 Å². The summed E-state index contributed by atoms with van der Waals surface area (Å²) in [5.74, 6) is 0.851. The van der Waals surface area contributed by atoms with Crippen molar-refractivity contribution in [1.29, 1.82) is 0 Å². The molecule has 1 saturated carbocycles. The van der Waals surface area contributed by atoms with Gasteiger partial charge in [0.1, 0.15) is 6.04 Å². The van der Waals surface area contributed by atoms with Gasteiger partial charge < -0.3 is 15.5 Å². The molecule has 0 aromatic heterocycles. The van der Waals surface area contributed by atoms with E-state index in [1.165, 1.54) is 6.92 Å². The van der Waals surface area contributed by atoms with Crippen LogP contribution in [-0.4, -0.2) is 71.8 Å². The molecule has 0 spiro atoms. The maximum absolute atomic E-state index is 13.1. The molecule has 0 radical (unpaired) electrons. The van der Waals surface area contributed by atoms with E-state index >= 15 is 0 Å². The van der Waals surface area contributed by atoms with Crippen LogP contribution in [-0.2, 0) is 14.4 Å². The highest BCUT2D eigenvalue weighted by atomic mass is 16.2. The number of rotatable bonds is 7. The molecule has 3 atom stereocenters. The molecule has 7 heteroatoms. The first kappa shape index (κ1) is 19.1. The van der Waals surface area contributed by atoms with Gasteiger partial charge >= 0.3 is 0 Å². The third-order valence-electron chi connectivity index (χ3n) is 5.69. The molecular weight excluding hydrogens is 332 g/mol. The van der Waals surface area contributed by atoms with Crippen LogP contribution in [0.15, 0.2) is 0 Å². The summed E-state index contributed by atoms with van der Waals surface area (Å²) < 4.78 is 0. The number of fused-ring (bicyclic) bond motifs is 1. The SMILES string of the molecule is CC(=O)N[C@H]1C[C@H]2CN(CCC(C)C)[C@@H](CNC(=O)C3CC3)C(=O)N2C1. The van der Waals surface area contributed by atoms with E-state index < -0.39 is 0 Å². The highest BCUT2D eigenvalue weighted by molar-refractivity contribution is 5.86. The summed E-state index contributed by atoms with van der Waals surface area (Å²) in [6.45, 7) is 8.54. The minimum absolute atomic E-state index is 0.0354. The minimum Gasteiger partial charge on any atom is -0.354 e. The maximum Gasteiger partial charge on any atom is 0.242 e. The molecule has 3 aliphatic rings. The molecule has 1 aliphatic carbocycles. The van der Waals surface area contributed by atoms with Crippen LogP contribution in [0.5, 0.6) is 0 Å². The van der Waals surface area contributed by atoms with Crippen molar-refractivity contribution in [1.82, 2.24) is 20.4 Å². The smallest absolute Gasteiger partial charge is 0.242 e. The second kappa shape index (κ2) is 7.94. The number of carbonyl (C=O) groups excluding carboxylic acids is 3. The first-order valence-electron chi connectivity index (χ1n) is 9.94. The van der Waals surface area contributed by atoms with Crippen molar-refractivity contribution in [2.24, 2.45) is 11.8 Å². The first-order chi connectivity index (χ1) is 12.3. The van der Waals surface area contributed by atoms with E-state index in [-0.39, 0.29) is 41.8 Å². The number of amides is 3. The van der Waals surface area contributed by atoms with Crippen LogP contribution >= 0.6 is 0 Å². The van der Waals surface area contributed by atoms with E-state index in [9.17, 15) is 14.4 Å². The number of carbonyl (C=O) groups is 3. The lowest BCUT2D eigenvalue weighted by Crippen LogP contribution is -2.62. The fourth-order valence-electron chi connectivity index (χ4n) is 4.07. The highest BCUT2D eigenvalue weighted by Gasteiger charge is 2.45. The molecule has 2 aliphatic heterocycles. The Kier molecular flexibility index (Phi) is 5.85. The zero-order valence-electron chi connectivity index (χ0n) is 16.2. The van der Waals surface area contributed by atoms with E-state index in [1.54, 1.807) is 0 Å². The highest BCUT2D eigenvalue weighted by Crippen LogP contribution is 2.29. The molecule has 146 valence electrons. The van der Waals surface area contributed by atoms with E-state index in [0.29, 0.717) is 19.0 Å². The van der Waals surface area contributed by atoms with E-state index in [0.717, 1.165) is 38.8 Å². The summed E-state index contributed by atoms with van der Waals surface area (Å²) in [7, 11) is 0. The second-order valence-electron chi connectivity index (χ2n) is 8.49. The molecule has 3 fully saturated rings. The zero-order chi connectivity index (χ0) is 18.8. The molecule has 0 unspecified atom stereocenters. The first-order valence-corrected chi connectivity index (χ1v) is 9.94. The van der Waals surface area contributed by atoms with Gasteiger partial charge in [-0.1, -0.05) is 13.8 Å². The molecule has 0 aromatic rings. The number of piperazine rings is 1. The Morgan fingerprint density at radius 3 is 2.58 bits per heavy atom. The average Bonchev–Trinajstić information content (AvgIpc) is 3.33. The van der Waals surface area contributed by atoms with E-state index in [1.807, 2.05) is 4.90 Å². The molecule has 3 amide bonds. The third kappa shape index (κ3) is 4.55. The van der Waals surface area contributed by atoms with Gasteiger partial charge in [-0.25, -0.2) is 0 Å². The lowest BCUT2D eigenvalue weighted by molar-refractivity contribution is -0.144.